The molecule has 0 N–H and O–H groups in total. The van der Waals surface area contributed by atoms with Gasteiger partial charge >= 0.3 is 5.97 Å². The smallest absolute Gasteiger partial charge is 0.330 e. The van der Waals surface area contributed by atoms with Crippen molar-refractivity contribution in [2.45, 2.75) is 26.2 Å². The Bertz CT molecular complexity index is 711. The average molecular weight is 351 g/mol. The van der Waals surface area contributed by atoms with Crippen LogP contribution >= 0.6 is 0 Å². The molecule has 0 aliphatic rings. The van der Waals surface area contributed by atoms with Crippen molar-refractivity contribution in [2.24, 2.45) is 0 Å². The molecule has 0 fully saturated rings. The predicted molar refractivity (Wildman–Crippen MR) is 104 cm³/mol. The molecule has 4 nitrogen and oxygen atoms in total. The first-order valence-electron chi connectivity index (χ1n) is 8.97. The molecule has 0 saturated carbocycles. The van der Waals surface area contributed by atoms with E-state index in [9.17, 15) is 9.59 Å². The fourth-order valence-electron chi connectivity index (χ4n) is 2.59. The molecule has 136 valence electrons. The van der Waals surface area contributed by atoms with Crippen LogP contribution in [0.5, 0.6) is 0 Å². The molecule has 0 unspecified atom stereocenters. The van der Waals surface area contributed by atoms with Crippen LogP contribution in [0.3, 0.4) is 0 Å². The summed E-state index contributed by atoms with van der Waals surface area (Å²) in [7, 11) is 0. The number of ether oxygens (including phenoxy) is 1. The van der Waals surface area contributed by atoms with E-state index in [-0.39, 0.29) is 11.9 Å². The highest BCUT2D eigenvalue weighted by molar-refractivity contribution is 6.06. The summed E-state index contributed by atoms with van der Waals surface area (Å²) in [5.41, 5.74) is 1.57. The van der Waals surface area contributed by atoms with Gasteiger partial charge in [-0.15, -0.1) is 0 Å². The maximum absolute atomic E-state index is 12.9. The number of unbranched alkanes of at least 4 members (excludes halogenated alkanes) is 2. The van der Waals surface area contributed by atoms with E-state index < -0.39 is 0 Å². The third kappa shape index (κ3) is 6.20. The number of carbonyl (C=O) groups is 2. The van der Waals surface area contributed by atoms with Gasteiger partial charge in [-0.1, -0.05) is 42.5 Å². The van der Waals surface area contributed by atoms with Crippen LogP contribution in [-0.2, 0) is 9.53 Å². The second-order valence-electron chi connectivity index (χ2n) is 5.81. The summed E-state index contributed by atoms with van der Waals surface area (Å²) in [5, 5.41) is 0. The van der Waals surface area contributed by atoms with E-state index in [1.807, 2.05) is 71.6 Å². The first-order chi connectivity index (χ1) is 12.7. The van der Waals surface area contributed by atoms with Crippen molar-refractivity contribution in [1.29, 1.82) is 0 Å². The van der Waals surface area contributed by atoms with Crippen LogP contribution < -0.4 is 4.90 Å². The number of anilines is 1. The van der Waals surface area contributed by atoms with Gasteiger partial charge in [0.25, 0.3) is 5.91 Å². The van der Waals surface area contributed by atoms with E-state index in [0.717, 1.165) is 24.9 Å². The lowest BCUT2D eigenvalue weighted by Crippen LogP contribution is -2.31. The number of nitrogens with zero attached hydrogens (tertiary/aromatic N) is 1. The van der Waals surface area contributed by atoms with Crippen LogP contribution in [0.2, 0.25) is 0 Å². The molecule has 0 bridgehead atoms. The van der Waals surface area contributed by atoms with Crippen LogP contribution in [0.1, 0.15) is 36.5 Å². The number of hydrogen-bond acceptors (Lipinski definition) is 3. The van der Waals surface area contributed by atoms with E-state index in [1.54, 1.807) is 6.92 Å². The van der Waals surface area contributed by atoms with Crippen LogP contribution in [0.25, 0.3) is 0 Å². The van der Waals surface area contributed by atoms with E-state index in [1.165, 1.54) is 6.08 Å². The van der Waals surface area contributed by atoms with Crippen molar-refractivity contribution in [2.75, 3.05) is 18.1 Å². The largest absolute Gasteiger partial charge is 0.463 e. The number of para-hydroxylation sites is 1. The molecule has 0 aliphatic heterocycles. The SMILES string of the molecule is CCOC(=O)/C=C/CCCCN(C(=O)c1ccccc1)c1ccccc1. The van der Waals surface area contributed by atoms with Gasteiger partial charge < -0.3 is 9.64 Å². The fraction of sp³-hybridized carbons (Fsp3) is 0.273. The summed E-state index contributed by atoms with van der Waals surface area (Å²) < 4.78 is 4.85. The minimum atomic E-state index is -0.308. The maximum atomic E-state index is 12.9. The summed E-state index contributed by atoms with van der Waals surface area (Å²) in [6.07, 6.45) is 5.81. The van der Waals surface area contributed by atoms with Gasteiger partial charge in [-0.05, 0) is 50.5 Å². The highest BCUT2D eigenvalue weighted by Gasteiger charge is 2.16. The zero-order valence-electron chi connectivity index (χ0n) is 15.1. The second kappa shape index (κ2) is 10.9. The lowest BCUT2D eigenvalue weighted by molar-refractivity contribution is -0.137. The normalized spacial score (nSPS) is 10.7. The second-order valence-corrected chi connectivity index (χ2v) is 5.81. The first-order valence-corrected chi connectivity index (χ1v) is 8.97. The number of allylic oxidation sites excluding steroid dienone is 1. The quantitative estimate of drug-likeness (QED) is 0.376. The molecule has 0 atom stereocenters. The standard InChI is InChI=1S/C22H25NO3/c1-2-26-21(24)17-11-3-4-12-18-23(20-15-9-6-10-16-20)22(25)19-13-7-5-8-14-19/h5-11,13-17H,2-4,12,18H2,1H3/b17-11+. The molecule has 2 aromatic carbocycles. The topological polar surface area (TPSA) is 46.6 Å². The van der Waals surface area contributed by atoms with Gasteiger partial charge in [0, 0.05) is 23.9 Å². The first kappa shape index (κ1) is 19.4. The fourth-order valence-corrected chi connectivity index (χ4v) is 2.59. The summed E-state index contributed by atoms with van der Waals surface area (Å²) in [6.45, 7) is 2.80. The Kier molecular flexibility index (Phi) is 8.13. The van der Waals surface area contributed by atoms with Gasteiger partial charge in [0.1, 0.15) is 0 Å². The molecule has 0 saturated heterocycles. The van der Waals surface area contributed by atoms with Crippen LogP contribution in [0.4, 0.5) is 5.69 Å². The number of benzene rings is 2. The lowest BCUT2D eigenvalue weighted by Gasteiger charge is -2.23. The van der Waals surface area contributed by atoms with Crippen molar-refractivity contribution in [3.8, 4) is 0 Å². The minimum Gasteiger partial charge on any atom is -0.463 e. The molecule has 1 amide bonds. The van der Waals surface area contributed by atoms with Gasteiger partial charge in [-0.25, -0.2) is 4.79 Å². The molecular weight excluding hydrogens is 326 g/mol. The van der Waals surface area contributed by atoms with Crippen molar-refractivity contribution < 1.29 is 14.3 Å². The Morgan fingerprint density at radius 1 is 0.962 bits per heavy atom. The third-order valence-corrected chi connectivity index (χ3v) is 3.88. The number of amides is 1. The van der Waals surface area contributed by atoms with Gasteiger partial charge in [0.15, 0.2) is 0 Å². The Morgan fingerprint density at radius 3 is 2.27 bits per heavy atom. The van der Waals surface area contributed by atoms with Crippen LogP contribution in [0.15, 0.2) is 72.8 Å². The van der Waals surface area contributed by atoms with E-state index in [2.05, 4.69) is 0 Å². The van der Waals surface area contributed by atoms with Gasteiger partial charge in [-0.2, -0.15) is 0 Å². The molecule has 0 radical (unpaired) electrons. The molecule has 0 heterocycles. The van der Waals surface area contributed by atoms with Crippen molar-refractivity contribution in [3.63, 3.8) is 0 Å². The monoisotopic (exact) mass is 351 g/mol. The van der Waals surface area contributed by atoms with E-state index in [4.69, 9.17) is 4.74 Å². The summed E-state index contributed by atoms with van der Waals surface area (Å²) in [4.78, 5) is 25.9. The van der Waals surface area contributed by atoms with Crippen molar-refractivity contribution in [1.82, 2.24) is 0 Å². The van der Waals surface area contributed by atoms with Crippen molar-refractivity contribution >= 4 is 17.6 Å². The van der Waals surface area contributed by atoms with E-state index >= 15 is 0 Å². The third-order valence-electron chi connectivity index (χ3n) is 3.88. The molecule has 26 heavy (non-hydrogen) atoms. The van der Waals surface area contributed by atoms with E-state index in [0.29, 0.717) is 18.7 Å². The summed E-state index contributed by atoms with van der Waals surface area (Å²) in [5.74, 6) is -0.309. The Hall–Kier alpha value is -2.88. The molecule has 2 aromatic rings. The van der Waals surface area contributed by atoms with Gasteiger partial charge in [-0.3, -0.25) is 4.79 Å². The molecule has 0 spiro atoms. The summed E-state index contributed by atoms with van der Waals surface area (Å²) >= 11 is 0. The summed E-state index contributed by atoms with van der Waals surface area (Å²) in [6, 6.07) is 19.0. The number of carbonyl (C=O) groups excluding carboxylic acids is 2. The molecule has 2 rings (SSSR count). The molecular formula is C22H25NO3. The van der Waals surface area contributed by atoms with Crippen LogP contribution in [-0.4, -0.2) is 25.0 Å². The number of hydrogen-bond donors (Lipinski definition) is 0. The average Bonchev–Trinajstić information content (AvgIpc) is 2.68. The number of esters is 1. The Labute approximate surface area is 155 Å². The Morgan fingerprint density at radius 2 is 1.62 bits per heavy atom. The highest BCUT2D eigenvalue weighted by atomic mass is 16.5. The minimum absolute atomic E-state index is 0.00105. The maximum Gasteiger partial charge on any atom is 0.330 e. The number of rotatable bonds is 9. The molecule has 0 aliphatic carbocycles. The zero-order valence-corrected chi connectivity index (χ0v) is 15.1. The Balaban J connectivity index is 1.93. The molecule has 4 heteroatoms. The van der Waals surface area contributed by atoms with Crippen molar-refractivity contribution in [3.05, 3.63) is 78.4 Å². The van der Waals surface area contributed by atoms with Crippen LogP contribution in [0, 0.1) is 0 Å². The molecule has 0 aromatic heterocycles. The zero-order chi connectivity index (χ0) is 18.6. The predicted octanol–water partition coefficient (Wildman–Crippen LogP) is 4.62. The lowest BCUT2D eigenvalue weighted by atomic mass is 10.1. The highest BCUT2D eigenvalue weighted by Crippen LogP contribution is 2.18. The van der Waals surface area contributed by atoms with Gasteiger partial charge in [0.2, 0.25) is 0 Å². The van der Waals surface area contributed by atoms with Gasteiger partial charge in [0.05, 0.1) is 6.61 Å².